The SMILES string of the molecule is CC(CC=O)c1cccc(CC(F)(F)F)c1. The number of hydrogen-bond acceptors (Lipinski definition) is 1. The van der Waals surface area contributed by atoms with Crippen molar-refractivity contribution in [3.05, 3.63) is 35.4 Å². The van der Waals surface area contributed by atoms with Gasteiger partial charge in [-0.2, -0.15) is 13.2 Å². The summed E-state index contributed by atoms with van der Waals surface area (Å²) in [4.78, 5) is 10.3. The second-order valence-corrected chi connectivity index (χ2v) is 3.84. The Hall–Kier alpha value is -1.32. The highest BCUT2D eigenvalue weighted by atomic mass is 19.4. The highest BCUT2D eigenvalue weighted by Gasteiger charge is 2.27. The largest absolute Gasteiger partial charge is 0.393 e. The predicted octanol–water partition coefficient (Wildman–Crippen LogP) is 3.48. The van der Waals surface area contributed by atoms with E-state index in [2.05, 4.69) is 0 Å². The van der Waals surface area contributed by atoms with Gasteiger partial charge < -0.3 is 4.79 Å². The maximum absolute atomic E-state index is 12.2. The molecule has 0 heterocycles. The highest BCUT2D eigenvalue weighted by molar-refractivity contribution is 5.51. The molecule has 16 heavy (non-hydrogen) atoms. The van der Waals surface area contributed by atoms with E-state index in [1.165, 1.54) is 12.1 Å². The molecule has 1 rings (SSSR count). The lowest BCUT2D eigenvalue weighted by molar-refractivity contribution is -0.127. The average Bonchev–Trinajstić information content (AvgIpc) is 2.16. The monoisotopic (exact) mass is 230 g/mol. The molecule has 0 bridgehead atoms. The van der Waals surface area contributed by atoms with Crippen LogP contribution in [0.15, 0.2) is 24.3 Å². The van der Waals surface area contributed by atoms with Crippen molar-refractivity contribution < 1.29 is 18.0 Å². The zero-order valence-corrected chi connectivity index (χ0v) is 8.92. The van der Waals surface area contributed by atoms with Crippen LogP contribution >= 0.6 is 0 Å². The van der Waals surface area contributed by atoms with E-state index >= 15 is 0 Å². The van der Waals surface area contributed by atoms with Gasteiger partial charge in [-0.3, -0.25) is 0 Å². The molecule has 1 unspecified atom stereocenters. The molecule has 0 saturated heterocycles. The molecular formula is C12H13F3O. The quantitative estimate of drug-likeness (QED) is 0.724. The first-order valence-electron chi connectivity index (χ1n) is 5.01. The second-order valence-electron chi connectivity index (χ2n) is 3.84. The molecule has 0 saturated carbocycles. The first-order valence-corrected chi connectivity index (χ1v) is 5.01. The smallest absolute Gasteiger partial charge is 0.303 e. The Labute approximate surface area is 92.3 Å². The molecule has 1 nitrogen and oxygen atoms in total. The molecule has 1 atom stereocenters. The van der Waals surface area contributed by atoms with Gasteiger partial charge in [-0.15, -0.1) is 0 Å². The van der Waals surface area contributed by atoms with Crippen molar-refractivity contribution >= 4 is 6.29 Å². The van der Waals surface area contributed by atoms with E-state index in [1.807, 2.05) is 6.92 Å². The van der Waals surface area contributed by atoms with E-state index in [-0.39, 0.29) is 11.5 Å². The Kier molecular flexibility index (Phi) is 4.10. The predicted molar refractivity (Wildman–Crippen MR) is 55.3 cm³/mol. The molecule has 1 aromatic rings. The fourth-order valence-electron chi connectivity index (χ4n) is 1.52. The third kappa shape index (κ3) is 4.04. The van der Waals surface area contributed by atoms with Gasteiger partial charge in [0.15, 0.2) is 0 Å². The molecule has 0 aliphatic rings. The van der Waals surface area contributed by atoms with Gasteiger partial charge in [0.1, 0.15) is 6.29 Å². The van der Waals surface area contributed by atoms with Gasteiger partial charge in [-0.1, -0.05) is 31.2 Å². The molecule has 88 valence electrons. The van der Waals surface area contributed by atoms with Gasteiger partial charge in [-0.05, 0) is 17.0 Å². The molecule has 0 fully saturated rings. The number of carbonyl (C=O) groups excluding carboxylic acids is 1. The summed E-state index contributed by atoms with van der Waals surface area (Å²) < 4.78 is 36.5. The lowest BCUT2D eigenvalue weighted by atomic mass is 9.96. The van der Waals surface area contributed by atoms with Crippen LogP contribution in [0.1, 0.15) is 30.4 Å². The Balaban J connectivity index is 2.82. The lowest BCUT2D eigenvalue weighted by Gasteiger charge is -2.11. The van der Waals surface area contributed by atoms with Crippen molar-refractivity contribution in [1.29, 1.82) is 0 Å². The van der Waals surface area contributed by atoms with Crippen molar-refractivity contribution in [2.45, 2.75) is 31.9 Å². The first kappa shape index (κ1) is 12.7. The maximum Gasteiger partial charge on any atom is 0.393 e. The van der Waals surface area contributed by atoms with E-state index in [0.717, 1.165) is 11.8 Å². The molecule has 0 aliphatic carbocycles. The maximum atomic E-state index is 12.2. The van der Waals surface area contributed by atoms with E-state index in [4.69, 9.17) is 0 Å². The van der Waals surface area contributed by atoms with Crippen molar-refractivity contribution in [2.75, 3.05) is 0 Å². The Morgan fingerprint density at radius 3 is 2.62 bits per heavy atom. The number of halogens is 3. The molecule has 1 aromatic carbocycles. The van der Waals surface area contributed by atoms with Crippen LogP contribution in [-0.4, -0.2) is 12.5 Å². The molecule has 0 amide bonds. The number of alkyl halides is 3. The van der Waals surface area contributed by atoms with Crippen molar-refractivity contribution in [1.82, 2.24) is 0 Å². The molecule has 0 N–H and O–H groups in total. The molecule has 0 aromatic heterocycles. The zero-order valence-electron chi connectivity index (χ0n) is 8.92. The van der Waals surface area contributed by atoms with Crippen LogP contribution < -0.4 is 0 Å². The van der Waals surface area contributed by atoms with Gasteiger partial charge >= 0.3 is 6.18 Å². The number of benzene rings is 1. The summed E-state index contributed by atoms with van der Waals surface area (Å²) >= 11 is 0. The number of aldehydes is 1. The van der Waals surface area contributed by atoms with Crippen molar-refractivity contribution in [3.8, 4) is 0 Å². The lowest BCUT2D eigenvalue weighted by Crippen LogP contribution is -2.11. The fraction of sp³-hybridized carbons (Fsp3) is 0.417. The number of rotatable bonds is 4. The normalized spacial score (nSPS) is 13.5. The van der Waals surface area contributed by atoms with Crippen LogP contribution in [-0.2, 0) is 11.2 Å². The summed E-state index contributed by atoms with van der Waals surface area (Å²) in [5, 5.41) is 0. The van der Waals surface area contributed by atoms with Crippen LogP contribution in [0, 0.1) is 0 Å². The summed E-state index contributed by atoms with van der Waals surface area (Å²) in [5.41, 5.74) is 1.01. The summed E-state index contributed by atoms with van der Waals surface area (Å²) in [6.07, 6.45) is -4.00. The van der Waals surface area contributed by atoms with Crippen LogP contribution in [0.2, 0.25) is 0 Å². The van der Waals surface area contributed by atoms with Gasteiger partial charge in [0.05, 0.1) is 6.42 Å². The summed E-state index contributed by atoms with van der Waals surface area (Å²) in [5.74, 6) is -0.0364. The van der Waals surface area contributed by atoms with Crippen LogP contribution in [0.4, 0.5) is 13.2 Å². The molecular weight excluding hydrogens is 217 g/mol. The summed E-state index contributed by atoms with van der Waals surface area (Å²) in [6, 6.07) is 6.30. The van der Waals surface area contributed by atoms with Gasteiger partial charge in [0, 0.05) is 6.42 Å². The third-order valence-corrected chi connectivity index (χ3v) is 2.37. The molecule has 0 aliphatic heterocycles. The minimum absolute atomic E-state index is 0.0364. The third-order valence-electron chi connectivity index (χ3n) is 2.37. The van der Waals surface area contributed by atoms with Gasteiger partial charge in [0.25, 0.3) is 0 Å². The van der Waals surface area contributed by atoms with Crippen LogP contribution in [0.25, 0.3) is 0 Å². The van der Waals surface area contributed by atoms with E-state index in [9.17, 15) is 18.0 Å². The van der Waals surface area contributed by atoms with E-state index in [1.54, 1.807) is 12.1 Å². The standard InChI is InChI=1S/C12H13F3O/c1-9(5-6-16)11-4-2-3-10(7-11)8-12(13,14)15/h2-4,6-7,9H,5,8H2,1H3. The molecule has 0 radical (unpaired) electrons. The number of carbonyl (C=O) groups is 1. The first-order chi connectivity index (χ1) is 7.42. The molecule has 4 heteroatoms. The van der Waals surface area contributed by atoms with Gasteiger partial charge in [0.2, 0.25) is 0 Å². The minimum Gasteiger partial charge on any atom is -0.303 e. The Morgan fingerprint density at radius 1 is 1.38 bits per heavy atom. The van der Waals surface area contributed by atoms with Crippen molar-refractivity contribution in [3.63, 3.8) is 0 Å². The summed E-state index contributed by atoms with van der Waals surface area (Å²) in [7, 11) is 0. The fourth-order valence-corrected chi connectivity index (χ4v) is 1.52. The van der Waals surface area contributed by atoms with Crippen molar-refractivity contribution in [2.24, 2.45) is 0 Å². The van der Waals surface area contributed by atoms with Crippen LogP contribution in [0.5, 0.6) is 0 Å². The van der Waals surface area contributed by atoms with Gasteiger partial charge in [-0.25, -0.2) is 0 Å². The number of hydrogen-bond donors (Lipinski definition) is 0. The Morgan fingerprint density at radius 2 is 2.06 bits per heavy atom. The zero-order chi connectivity index (χ0) is 12.2. The van der Waals surface area contributed by atoms with E-state index in [0.29, 0.717) is 6.42 Å². The highest BCUT2D eigenvalue weighted by Crippen LogP contribution is 2.24. The average molecular weight is 230 g/mol. The Bertz CT molecular complexity index is 358. The summed E-state index contributed by atoms with van der Waals surface area (Å²) in [6.45, 7) is 1.82. The van der Waals surface area contributed by atoms with Crippen LogP contribution in [0.3, 0.4) is 0 Å². The molecule has 0 spiro atoms. The van der Waals surface area contributed by atoms with E-state index < -0.39 is 12.6 Å². The second kappa shape index (κ2) is 5.14. The topological polar surface area (TPSA) is 17.1 Å². The minimum atomic E-state index is -4.19.